The maximum Gasteiger partial charge on any atom is 0.344 e. The molecule has 5 nitrogen and oxygen atoms in total. The van der Waals surface area contributed by atoms with Crippen LogP contribution in [0.5, 0.6) is 0 Å². The van der Waals surface area contributed by atoms with Gasteiger partial charge in [-0.2, -0.15) is 0 Å². The number of anilines is 1. The molecule has 1 heterocycles. The maximum absolute atomic E-state index is 12.7. The molecule has 1 aromatic heterocycles. The summed E-state index contributed by atoms with van der Waals surface area (Å²) in [6.07, 6.45) is 0. The molecular weight excluding hydrogens is 400 g/mol. The van der Waals surface area contributed by atoms with Crippen LogP contribution in [0.15, 0.2) is 88.1 Å². The number of rotatable bonds is 7. The number of nitrogens with one attached hydrogen (secondary N) is 1. The molecule has 1 amide bonds. The summed E-state index contributed by atoms with van der Waals surface area (Å²) in [5, 5.41) is 3.78. The monoisotopic (exact) mass is 426 g/mol. The molecule has 1 N–H and O–H groups in total. The lowest BCUT2D eigenvalue weighted by atomic mass is 10.0. The molecule has 0 aliphatic rings. The summed E-state index contributed by atoms with van der Waals surface area (Å²) >= 11 is 0. The second-order valence-electron chi connectivity index (χ2n) is 7.68. The highest BCUT2D eigenvalue weighted by Gasteiger charge is 2.11. The fraction of sp³-hybridized carbons (Fsp3) is 0.185. The molecule has 0 spiro atoms. The van der Waals surface area contributed by atoms with Gasteiger partial charge >= 0.3 is 5.63 Å². The van der Waals surface area contributed by atoms with Crippen molar-refractivity contribution >= 4 is 22.6 Å². The summed E-state index contributed by atoms with van der Waals surface area (Å²) < 4.78 is 5.41. The number of hydrogen-bond acceptors (Lipinski definition) is 4. The fourth-order valence-electron chi connectivity index (χ4n) is 3.67. The minimum absolute atomic E-state index is 0.196. The van der Waals surface area contributed by atoms with E-state index < -0.39 is 5.63 Å². The lowest BCUT2D eigenvalue weighted by Crippen LogP contribution is -2.22. The number of fused-ring (bicyclic) bond motifs is 1. The van der Waals surface area contributed by atoms with Gasteiger partial charge in [0.2, 0.25) is 0 Å². The van der Waals surface area contributed by atoms with Gasteiger partial charge in [0.05, 0.1) is 5.56 Å². The predicted molar refractivity (Wildman–Crippen MR) is 129 cm³/mol. The Kier molecular flexibility index (Phi) is 6.47. The van der Waals surface area contributed by atoms with Crippen molar-refractivity contribution in [3.63, 3.8) is 0 Å². The van der Waals surface area contributed by atoms with E-state index in [-0.39, 0.29) is 5.91 Å². The summed E-state index contributed by atoms with van der Waals surface area (Å²) in [7, 11) is 0. The zero-order valence-corrected chi connectivity index (χ0v) is 18.3. The van der Waals surface area contributed by atoms with Gasteiger partial charge in [-0.15, -0.1) is 0 Å². The van der Waals surface area contributed by atoms with E-state index in [9.17, 15) is 9.59 Å². The summed E-state index contributed by atoms with van der Waals surface area (Å²) in [5.41, 5.74) is 3.82. The van der Waals surface area contributed by atoms with Crippen molar-refractivity contribution in [3.8, 4) is 11.1 Å². The zero-order chi connectivity index (χ0) is 22.5. The van der Waals surface area contributed by atoms with E-state index in [2.05, 4.69) is 24.1 Å². The van der Waals surface area contributed by atoms with Crippen LogP contribution in [0.25, 0.3) is 22.1 Å². The molecule has 0 aliphatic heterocycles. The summed E-state index contributed by atoms with van der Waals surface area (Å²) in [4.78, 5) is 27.4. The van der Waals surface area contributed by atoms with Gasteiger partial charge < -0.3 is 9.73 Å². The van der Waals surface area contributed by atoms with Crippen LogP contribution in [0, 0.1) is 0 Å². The first-order valence-corrected chi connectivity index (χ1v) is 10.8. The van der Waals surface area contributed by atoms with E-state index in [0.29, 0.717) is 22.3 Å². The molecule has 4 rings (SSSR count). The molecule has 0 unspecified atom stereocenters. The van der Waals surface area contributed by atoms with Gasteiger partial charge in [-0.1, -0.05) is 56.3 Å². The minimum Gasteiger partial charge on any atom is -0.422 e. The summed E-state index contributed by atoms with van der Waals surface area (Å²) in [5.74, 6) is -0.196. The Morgan fingerprint density at radius 3 is 2.28 bits per heavy atom. The Morgan fingerprint density at radius 2 is 1.59 bits per heavy atom. The van der Waals surface area contributed by atoms with Gasteiger partial charge in [0.1, 0.15) is 5.58 Å². The number of benzene rings is 3. The highest BCUT2D eigenvalue weighted by atomic mass is 16.4. The SMILES string of the molecule is CCN(CC)Cc1ccc(NC(=O)c2ccc(-c3cc4ccccc4oc3=O)cc2)cc1. The van der Waals surface area contributed by atoms with Crippen LogP contribution in [0.1, 0.15) is 29.8 Å². The van der Waals surface area contributed by atoms with Crippen LogP contribution in [0.3, 0.4) is 0 Å². The van der Waals surface area contributed by atoms with E-state index in [1.165, 1.54) is 5.56 Å². The van der Waals surface area contributed by atoms with Gasteiger partial charge in [-0.3, -0.25) is 9.69 Å². The smallest absolute Gasteiger partial charge is 0.344 e. The number of amides is 1. The third-order valence-electron chi connectivity index (χ3n) is 5.61. The Balaban J connectivity index is 1.47. The van der Waals surface area contributed by atoms with Crippen molar-refractivity contribution in [3.05, 3.63) is 100 Å². The maximum atomic E-state index is 12.7. The topological polar surface area (TPSA) is 62.6 Å². The average Bonchev–Trinajstić information content (AvgIpc) is 2.83. The van der Waals surface area contributed by atoms with Crippen LogP contribution in [-0.4, -0.2) is 23.9 Å². The molecule has 0 bridgehead atoms. The van der Waals surface area contributed by atoms with Crippen LogP contribution in [0.4, 0.5) is 5.69 Å². The fourth-order valence-corrected chi connectivity index (χ4v) is 3.67. The van der Waals surface area contributed by atoms with E-state index in [4.69, 9.17) is 4.42 Å². The molecule has 0 saturated heterocycles. The van der Waals surface area contributed by atoms with Crippen molar-refractivity contribution in [2.24, 2.45) is 0 Å². The predicted octanol–water partition coefficient (Wildman–Crippen LogP) is 5.55. The van der Waals surface area contributed by atoms with E-state index in [1.807, 2.05) is 48.5 Å². The number of hydrogen-bond donors (Lipinski definition) is 1. The summed E-state index contributed by atoms with van der Waals surface area (Å²) in [6.45, 7) is 7.20. The molecule has 0 aliphatic carbocycles. The van der Waals surface area contributed by atoms with E-state index >= 15 is 0 Å². The highest BCUT2D eigenvalue weighted by Crippen LogP contribution is 2.22. The largest absolute Gasteiger partial charge is 0.422 e. The Hall–Kier alpha value is -3.70. The van der Waals surface area contributed by atoms with Gasteiger partial charge in [0.25, 0.3) is 5.91 Å². The zero-order valence-electron chi connectivity index (χ0n) is 18.3. The second kappa shape index (κ2) is 9.62. The van der Waals surface area contributed by atoms with Gasteiger partial charge in [0.15, 0.2) is 0 Å². The van der Waals surface area contributed by atoms with Crippen molar-refractivity contribution in [1.29, 1.82) is 0 Å². The third kappa shape index (κ3) is 4.79. The Morgan fingerprint density at radius 1 is 0.906 bits per heavy atom. The van der Waals surface area contributed by atoms with Crippen LogP contribution in [0.2, 0.25) is 0 Å². The van der Waals surface area contributed by atoms with Crippen molar-refractivity contribution in [2.45, 2.75) is 20.4 Å². The van der Waals surface area contributed by atoms with Gasteiger partial charge in [-0.25, -0.2) is 4.79 Å². The standard InChI is InChI=1S/C27H26N2O3/c1-3-29(4-2)18-19-9-15-23(16-10-19)28-26(30)21-13-11-20(12-14-21)24-17-22-7-5-6-8-25(22)32-27(24)31/h5-17H,3-4,18H2,1-2H3,(H,28,30). The molecule has 0 saturated carbocycles. The van der Waals surface area contributed by atoms with Crippen LogP contribution in [-0.2, 0) is 6.54 Å². The molecule has 0 fully saturated rings. The lowest BCUT2D eigenvalue weighted by Gasteiger charge is -2.18. The quantitative estimate of drug-likeness (QED) is 0.393. The molecule has 4 aromatic rings. The molecular formula is C27H26N2O3. The Bertz CT molecular complexity index is 1270. The molecule has 5 heteroatoms. The number of carbonyl (C=O) groups excluding carboxylic acids is 1. The number of para-hydroxylation sites is 1. The van der Waals surface area contributed by atoms with Crippen molar-refractivity contribution in [1.82, 2.24) is 4.90 Å². The lowest BCUT2D eigenvalue weighted by molar-refractivity contribution is 0.102. The third-order valence-corrected chi connectivity index (χ3v) is 5.61. The van der Waals surface area contributed by atoms with E-state index in [1.54, 1.807) is 30.3 Å². The molecule has 3 aromatic carbocycles. The van der Waals surface area contributed by atoms with Crippen LogP contribution >= 0.6 is 0 Å². The van der Waals surface area contributed by atoms with E-state index in [0.717, 1.165) is 30.7 Å². The second-order valence-corrected chi connectivity index (χ2v) is 7.68. The summed E-state index contributed by atoms with van der Waals surface area (Å²) in [6, 6.07) is 24.1. The average molecular weight is 427 g/mol. The van der Waals surface area contributed by atoms with Crippen molar-refractivity contribution < 1.29 is 9.21 Å². The first-order valence-electron chi connectivity index (χ1n) is 10.8. The normalized spacial score (nSPS) is 11.1. The number of carbonyl (C=O) groups is 1. The molecule has 0 radical (unpaired) electrons. The van der Waals surface area contributed by atoms with Crippen molar-refractivity contribution in [2.75, 3.05) is 18.4 Å². The van der Waals surface area contributed by atoms with Gasteiger partial charge in [-0.05, 0) is 60.6 Å². The first-order chi connectivity index (χ1) is 15.6. The van der Waals surface area contributed by atoms with Gasteiger partial charge in [0, 0.05) is 23.2 Å². The first kappa shape index (κ1) is 21.5. The minimum atomic E-state index is -0.397. The highest BCUT2D eigenvalue weighted by molar-refractivity contribution is 6.04. The Labute approximate surface area is 187 Å². The molecule has 32 heavy (non-hydrogen) atoms. The van der Waals surface area contributed by atoms with Crippen LogP contribution < -0.4 is 10.9 Å². The molecule has 162 valence electrons. The molecule has 0 atom stereocenters. The number of nitrogens with zero attached hydrogens (tertiary/aromatic N) is 1.